The van der Waals surface area contributed by atoms with Crippen molar-refractivity contribution in [1.82, 2.24) is 0 Å². The lowest BCUT2D eigenvalue weighted by Gasteiger charge is -2.32. The fourth-order valence-corrected chi connectivity index (χ4v) is 3.14. The van der Waals surface area contributed by atoms with E-state index in [-0.39, 0.29) is 5.41 Å². The van der Waals surface area contributed by atoms with E-state index in [1.807, 2.05) is 18.2 Å². The van der Waals surface area contributed by atoms with E-state index < -0.39 is 17.4 Å². The van der Waals surface area contributed by atoms with Gasteiger partial charge >= 0.3 is 11.9 Å². The van der Waals surface area contributed by atoms with Gasteiger partial charge in [-0.25, -0.2) is 4.79 Å². The van der Waals surface area contributed by atoms with Crippen LogP contribution in [0.1, 0.15) is 74.7 Å². The highest BCUT2D eigenvalue weighted by Crippen LogP contribution is 2.40. The summed E-state index contributed by atoms with van der Waals surface area (Å²) in [4.78, 5) is 23.5. The van der Waals surface area contributed by atoms with E-state index in [1.165, 1.54) is 36.5 Å². The Labute approximate surface area is 170 Å². The molecule has 0 aromatic heterocycles. The summed E-state index contributed by atoms with van der Waals surface area (Å²) in [5.74, 6) is -1.16. The normalized spacial score (nSPS) is 18.9. The van der Waals surface area contributed by atoms with Gasteiger partial charge in [-0.05, 0) is 77.4 Å². The van der Waals surface area contributed by atoms with Crippen molar-refractivity contribution in [2.24, 2.45) is 10.8 Å². The number of esters is 2. The zero-order valence-electron chi connectivity index (χ0n) is 18.8. The molecule has 0 aromatic rings. The van der Waals surface area contributed by atoms with Crippen LogP contribution in [0, 0.1) is 10.8 Å². The van der Waals surface area contributed by atoms with E-state index >= 15 is 0 Å². The lowest BCUT2D eigenvalue weighted by atomic mass is 9.72. The van der Waals surface area contributed by atoms with Gasteiger partial charge in [0.2, 0.25) is 0 Å². The molecule has 0 saturated carbocycles. The van der Waals surface area contributed by atoms with Gasteiger partial charge in [0.15, 0.2) is 0 Å². The van der Waals surface area contributed by atoms with Gasteiger partial charge in [0.1, 0.15) is 0 Å². The highest BCUT2D eigenvalue weighted by Gasteiger charge is 2.26. The molecule has 0 fully saturated rings. The molecule has 0 heterocycles. The van der Waals surface area contributed by atoms with Gasteiger partial charge in [0.25, 0.3) is 0 Å². The lowest BCUT2D eigenvalue weighted by molar-refractivity contribution is -0.162. The van der Waals surface area contributed by atoms with E-state index in [0.29, 0.717) is 0 Å². The number of ether oxygens (including phenoxy) is 1. The van der Waals surface area contributed by atoms with Crippen molar-refractivity contribution < 1.29 is 14.3 Å². The molecule has 0 aromatic carbocycles. The average Bonchev–Trinajstić information content (AvgIpc) is 2.52. The Hall–Kier alpha value is -2.16. The smallest absolute Gasteiger partial charge is 0.338 e. The number of hydrogen-bond acceptors (Lipinski definition) is 3. The summed E-state index contributed by atoms with van der Waals surface area (Å²) < 4.78 is 4.83. The second-order valence-corrected chi connectivity index (χ2v) is 9.38. The fraction of sp³-hybridized carbons (Fsp3) is 0.520. The molecule has 0 unspecified atom stereocenters. The van der Waals surface area contributed by atoms with Crippen molar-refractivity contribution in [1.29, 1.82) is 0 Å². The molecule has 0 aliphatic heterocycles. The standard InChI is InChI=1S/C25H36O3/c1-18(14-15-21-20(3)13-10-16-25(21,7)8)11-9-12-19(2)17-22(26)28-23(27)24(4,5)6/h9,11-12,14-15,17H,10,13,16H2,1-8H3/b12-9+,15-14+,18-11-,19-17+. The molecular formula is C25H36O3. The van der Waals surface area contributed by atoms with Gasteiger partial charge in [-0.2, -0.15) is 0 Å². The third-order valence-corrected chi connectivity index (χ3v) is 4.92. The summed E-state index contributed by atoms with van der Waals surface area (Å²) in [5.41, 5.74) is 4.33. The van der Waals surface area contributed by atoms with Crippen LogP contribution in [0.5, 0.6) is 0 Å². The average molecular weight is 385 g/mol. The second-order valence-electron chi connectivity index (χ2n) is 9.38. The van der Waals surface area contributed by atoms with E-state index in [2.05, 4.69) is 39.8 Å². The first-order valence-corrected chi connectivity index (χ1v) is 10.0. The maximum Gasteiger partial charge on any atom is 0.338 e. The first kappa shape index (κ1) is 23.9. The van der Waals surface area contributed by atoms with Crippen molar-refractivity contribution in [3.63, 3.8) is 0 Å². The van der Waals surface area contributed by atoms with Crippen molar-refractivity contribution in [3.8, 4) is 0 Å². The Bertz CT molecular complexity index is 747. The molecule has 28 heavy (non-hydrogen) atoms. The number of carbonyl (C=O) groups is 2. The Morgan fingerprint density at radius 3 is 2.29 bits per heavy atom. The summed E-state index contributed by atoms with van der Waals surface area (Å²) in [6.45, 7) is 15.9. The number of carbonyl (C=O) groups excluding carboxylic acids is 2. The van der Waals surface area contributed by atoms with Crippen LogP contribution in [0.4, 0.5) is 0 Å². The highest BCUT2D eigenvalue weighted by molar-refractivity contribution is 5.94. The quantitative estimate of drug-likeness (QED) is 0.231. The molecule has 1 rings (SSSR count). The van der Waals surface area contributed by atoms with E-state index in [1.54, 1.807) is 27.7 Å². The maximum atomic E-state index is 11.8. The summed E-state index contributed by atoms with van der Waals surface area (Å²) in [6, 6.07) is 0. The van der Waals surface area contributed by atoms with Crippen LogP contribution in [0.3, 0.4) is 0 Å². The van der Waals surface area contributed by atoms with Crippen LogP contribution in [-0.2, 0) is 14.3 Å². The maximum absolute atomic E-state index is 11.8. The van der Waals surface area contributed by atoms with E-state index in [4.69, 9.17) is 4.74 Å². The third-order valence-electron chi connectivity index (χ3n) is 4.92. The first-order valence-electron chi connectivity index (χ1n) is 10.0. The third kappa shape index (κ3) is 7.84. The minimum absolute atomic E-state index is 0.235. The minimum atomic E-state index is -0.694. The molecular weight excluding hydrogens is 348 g/mol. The molecule has 0 radical (unpaired) electrons. The van der Waals surface area contributed by atoms with Gasteiger partial charge in [-0.15, -0.1) is 0 Å². The molecule has 1 aliphatic carbocycles. The van der Waals surface area contributed by atoms with Crippen molar-refractivity contribution in [2.75, 3.05) is 0 Å². The molecule has 0 bridgehead atoms. The Morgan fingerprint density at radius 1 is 1.07 bits per heavy atom. The second kappa shape index (κ2) is 9.86. The summed E-state index contributed by atoms with van der Waals surface area (Å²) in [5, 5.41) is 0. The van der Waals surface area contributed by atoms with Gasteiger partial charge < -0.3 is 4.74 Å². The Morgan fingerprint density at radius 2 is 1.71 bits per heavy atom. The Kier molecular flexibility index (Phi) is 8.41. The molecule has 1 aliphatic rings. The van der Waals surface area contributed by atoms with Crippen molar-refractivity contribution in [3.05, 3.63) is 58.7 Å². The molecule has 154 valence electrons. The summed E-state index contributed by atoms with van der Waals surface area (Å²) in [6.07, 6.45) is 15.1. The topological polar surface area (TPSA) is 43.4 Å². The van der Waals surface area contributed by atoms with Gasteiger partial charge in [0.05, 0.1) is 5.41 Å². The molecule has 3 heteroatoms. The SMILES string of the molecule is CC1=C(/C=C/C(C)=C\C=C\C(C)=C\C(=O)OC(=O)C(C)(C)C)C(C)(C)CCC1. The molecule has 0 saturated heterocycles. The Balaban J connectivity index is 2.72. The number of hydrogen-bond donors (Lipinski definition) is 0. The van der Waals surface area contributed by atoms with Gasteiger partial charge in [-0.1, -0.05) is 55.4 Å². The number of rotatable bonds is 5. The molecule has 3 nitrogen and oxygen atoms in total. The van der Waals surface area contributed by atoms with Crippen LogP contribution >= 0.6 is 0 Å². The van der Waals surface area contributed by atoms with Crippen molar-refractivity contribution in [2.45, 2.75) is 74.7 Å². The van der Waals surface area contributed by atoms with Crippen LogP contribution in [0.25, 0.3) is 0 Å². The highest BCUT2D eigenvalue weighted by atomic mass is 16.6. The molecule has 0 N–H and O–H groups in total. The molecule has 0 spiro atoms. The van der Waals surface area contributed by atoms with E-state index in [9.17, 15) is 9.59 Å². The van der Waals surface area contributed by atoms with Gasteiger partial charge in [0, 0.05) is 6.08 Å². The summed E-state index contributed by atoms with van der Waals surface area (Å²) >= 11 is 0. The van der Waals surface area contributed by atoms with Crippen molar-refractivity contribution >= 4 is 11.9 Å². The van der Waals surface area contributed by atoms with E-state index in [0.717, 1.165) is 11.1 Å². The zero-order valence-corrected chi connectivity index (χ0v) is 18.8. The largest absolute Gasteiger partial charge is 0.389 e. The fourth-order valence-electron chi connectivity index (χ4n) is 3.14. The van der Waals surface area contributed by atoms with Crippen LogP contribution in [-0.4, -0.2) is 11.9 Å². The monoisotopic (exact) mass is 384 g/mol. The lowest BCUT2D eigenvalue weighted by Crippen LogP contribution is -2.25. The van der Waals surface area contributed by atoms with Crippen LogP contribution < -0.4 is 0 Å². The molecule has 0 amide bonds. The minimum Gasteiger partial charge on any atom is -0.389 e. The first-order chi connectivity index (χ1) is 12.8. The van der Waals surface area contributed by atoms with Crippen LogP contribution in [0.2, 0.25) is 0 Å². The predicted octanol–water partition coefficient (Wildman–Crippen LogP) is 6.63. The predicted molar refractivity (Wildman–Crippen MR) is 117 cm³/mol. The zero-order chi connectivity index (χ0) is 21.5. The molecule has 0 atom stereocenters. The van der Waals surface area contributed by atoms with Crippen LogP contribution in [0.15, 0.2) is 58.7 Å². The number of allylic oxidation sites excluding steroid dienone is 9. The van der Waals surface area contributed by atoms with Gasteiger partial charge in [-0.3, -0.25) is 4.79 Å². The summed E-state index contributed by atoms with van der Waals surface area (Å²) in [7, 11) is 0.